The van der Waals surface area contributed by atoms with Crippen LogP contribution in [0.15, 0.2) is 12.1 Å². The van der Waals surface area contributed by atoms with E-state index in [0.717, 1.165) is 6.07 Å². The molecular weight excluding hydrogens is 301 g/mol. The van der Waals surface area contributed by atoms with Crippen molar-refractivity contribution in [2.45, 2.75) is 13.1 Å². The predicted molar refractivity (Wildman–Crippen MR) is 60.7 cm³/mol. The summed E-state index contributed by atoms with van der Waals surface area (Å²) in [7, 11) is 0. The Kier molecular flexibility index (Phi) is 4.87. The Labute approximate surface area is 115 Å². The molecule has 4 nitrogen and oxygen atoms in total. The number of hydrogen-bond acceptors (Lipinski definition) is 2. The molecule has 0 fully saturated rings. The van der Waals surface area contributed by atoms with Crippen LogP contribution in [0.1, 0.15) is 15.9 Å². The molecular formula is C12H10F5NO3. The molecule has 0 aliphatic heterocycles. The second kappa shape index (κ2) is 6.06. The summed E-state index contributed by atoms with van der Waals surface area (Å²) >= 11 is 0. The molecule has 1 aromatic carbocycles. The molecule has 0 saturated carbocycles. The van der Waals surface area contributed by atoms with E-state index in [1.807, 2.05) is 0 Å². The number of halogens is 5. The van der Waals surface area contributed by atoms with Crippen LogP contribution in [0.2, 0.25) is 0 Å². The fourth-order valence-corrected chi connectivity index (χ4v) is 1.57. The Morgan fingerprint density at radius 2 is 1.76 bits per heavy atom. The minimum absolute atomic E-state index is 0.0713. The smallest absolute Gasteiger partial charge is 0.406 e. The van der Waals surface area contributed by atoms with E-state index in [0.29, 0.717) is 6.07 Å². The van der Waals surface area contributed by atoms with Crippen molar-refractivity contribution in [3.63, 3.8) is 0 Å². The highest BCUT2D eigenvalue weighted by Crippen LogP contribution is 2.20. The van der Waals surface area contributed by atoms with E-state index in [1.54, 1.807) is 0 Å². The zero-order valence-corrected chi connectivity index (χ0v) is 10.7. The van der Waals surface area contributed by atoms with E-state index in [1.165, 1.54) is 6.92 Å². The van der Waals surface area contributed by atoms with Gasteiger partial charge < -0.3 is 10.0 Å². The third-order valence-electron chi connectivity index (χ3n) is 2.46. The zero-order valence-electron chi connectivity index (χ0n) is 10.7. The van der Waals surface area contributed by atoms with E-state index in [2.05, 4.69) is 0 Å². The molecule has 0 bridgehead atoms. The molecule has 0 radical (unpaired) electrons. The van der Waals surface area contributed by atoms with Crippen molar-refractivity contribution in [2.24, 2.45) is 0 Å². The molecule has 1 N–H and O–H groups in total. The molecule has 9 heteroatoms. The number of aryl methyl sites for hydroxylation is 1. The van der Waals surface area contributed by atoms with Gasteiger partial charge >= 0.3 is 12.1 Å². The second-order valence-electron chi connectivity index (χ2n) is 4.25. The Morgan fingerprint density at radius 1 is 1.19 bits per heavy atom. The topological polar surface area (TPSA) is 57.6 Å². The Bertz CT molecular complexity index is 571. The van der Waals surface area contributed by atoms with Crippen molar-refractivity contribution >= 4 is 11.9 Å². The summed E-state index contributed by atoms with van der Waals surface area (Å²) < 4.78 is 63.6. The standard InChI is InChI=1S/C12H10F5NO3/c1-6-2-7(9(14)3-8(6)13)11(21)18(4-10(19)20)5-12(15,16)17/h2-3H,4-5H2,1H3,(H,19,20). The number of alkyl halides is 3. The molecule has 0 aliphatic rings. The van der Waals surface area contributed by atoms with Gasteiger partial charge in [0.05, 0.1) is 5.56 Å². The van der Waals surface area contributed by atoms with Gasteiger partial charge in [0.2, 0.25) is 0 Å². The lowest BCUT2D eigenvalue weighted by Gasteiger charge is -2.22. The van der Waals surface area contributed by atoms with Crippen LogP contribution in [0.3, 0.4) is 0 Å². The van der Waals surface area contributed by atoms with Gasteiger partial charge in [-0.3, -0.25) is 9.59 Å². The van der Waals surface area contributed by atoms with Gasteiger partial charge in [-0.1, -0.05) is 0 Å². The summed E-state index contributed by atoms with van der Waals surface area (Å²) in [6, 6.07) is 1.09. The maximum Gasteiger partial charge on any atom is 0.406 e. The number of amides is 1. The molecule has 0 unspecified atom stereocenters. The second-order valence-corrected chi connectivity index (χ2v) is 4.25. The molecule has 0 aliphatic carbocycles. The van der Waals surface area contributed by atoms with Crippen molar-refractivity contribution in [1.29, 1.82) is 0 Å². The number of carbonyl (C=O) groups excluding carboxylic acids is 1. The fraction of sp³-hybridized carbons (Fsp3) is 0.333. The monoisotopic (exact) mass is 311 g/mol. The van der Waals surface area contributed by atoms with Gasteiger partial charge in [-0.15, -0.1) is 0 Å². The van der Waals surface area contributed by atoms with Gasteiger partial charge in [0, 0.05) is 6.07 Å². The Balaban J connectivity index is 3.16. The summed E-state index contributed by atoms with van der Waals surface area (Å²) in [4.78, 5) is 22.3. The summed E-state index contributed by atoms with van der Waals surface area (Å²) in [6.07, 6.45) is -4.85. The average Bonchev–Trinajstić information content (AvgIpc) is 2.29. The highest BCUT2D eigenvalue weighted by molar-refractivity contribution is 5.96. The molecule has 1 amide bonds. The lowest BCUT2D eigenvalue weighted by atomic mass is 10.1. The normalized spacial score (nSPS) is 11.3. The van der Waals surface area contributed by atoms with Crippen LogP contribution in [0.25, 0.3) is 0 Å². The van der Waals surface area contributed by atoms with Crippen LogP contribution in [0.4, 0.5) is 22.0 Å². The number of hydrogen-bond donors (Lipinski definition) is 1. The lowest BCUT2D eigenvalue weighted by Crippen LogP contribution is -2.42. The number of benzene rings is 1. The largest absolute Gasteiger partial charge is 0.480 e. The van der Waals surface area contributed by atoms with Gasteiger partial charge in [0.1, 0.15) is 24.7 Å². The summed E-state index contributed by atoms with van der Waals surface area (Å²) in [6.45, 7) is -1.92. The molecule has 0 aromatic heterocycles. The van der Waals surface area contributed by atoms with Crippen LogP contribution in [-0.4, -0.2) is 41.1 Å². The minimum Gasteiger partial charge on any atom is -0.480 e. The van der Waals surface area contributed by atoms with Crippen molar-refractivity contribution in [3.8, 4) is 0 Å². The van der Waals surface area contributed by atoms with Crippen LogP contribution in [0.5, 0.6) is 0 Å². The maximum atomic E-state index is 13.5. The molecule has 1 rings (SSSR count). The first-order valence-electron chi connectivity index (χ1n) is 5.54. The summed E-state index contributed by atoms with van der Waals surface area (Å²) in [5.41, 5.74) is -0.971. The highest BCUT2D eigenvalue weighted by Gasteiger charge is 2.35. The zero-order chi connectivity index (χ0) is 16.4. The highest BCUT2D eigenvalue weighted by atomic mass is 19.4. The number of nitrogens with zero attached hydrogens (tertiary/aromatic N) is 1. The number of rotatable bonds is 4. The van der Waals surface area contributed by atoms with E-state index >= 15 is 0 Å². The van der Waals surface area contributed by atoms with E-state index in [9.17, 15) is 31.5 Å². The Hall–Kier alpha value is -2.19. The van der Waals surface area contributed by atoms with E-state index in [-0.39, 0.29) is 10.5 Å². The van der Waals surface area contributed by atoms with Crippen molar-refractivity contribution in [2.75, 3.05) is 13.1 Å². The van der Waals surface area contributed by atoms with Crippen LogP contribution < -0.4 is 0 Å². The lowest BCUT2D eigenvalue weighted by molar-refractivity contribution is -0.149. The maximum absolute atomic E-state index is 13.5. The number of aliphatic carboxylic acids is 1. The van der Waals surface area contributed by atoms with Crippen molar-refractivity contribution in [3.05, 3.63) is 34.9 Å². The molecule has 0 saturated heterocycles. The summed E-state index contributed by atoms with van der Waals surface area (Å²) in [5.74, 6) is -5.49. The van der Waals surface area contributed by atoms with Gasteiger partial charge in [-0.05, 0) is 18.6 Å². The predicted octanol–water partition coefficient (Wildman–Crippen LogP) is 2.36. The van der Waals surface area contributed by atoms with Gasteiger partial charge in [0.15, 0.2) is 0 Å². The molecule has 1 aromatic rings. The first-order valence-corrected chi connectivity index (χ1v) is 5.54. The van der Waals surface area contributed by atoms with E-state index < -0.39 is 48.3 Å². The SMILES string of the molecule is Cc1cc(C(=O)N(CC(=O)O)CC(F)(F)F)c(F)cc1F. The molecule has 0 heterocycles. The quantitative estimate of drug-likeness (QED) is 0.869. The third-order valence-corrected chi connectivity index (χ3v) is 2.46. The van der Waals surface area contributed by atoms with Crippen molar-refractivity contribution < 1.29 is 36.6 Å². The number of carbonyl (C=O) groups is 2. The molecule has 116 valence electrons. The first-order chi connectivity index (χ1) is 9.51. The van der Waals surface area contributed by atoms with Gasteiger partial charge in [0.25, 0.3) is 5.91 Å². The van der Waals surface area contributed by atoms with Gasteiger partial charge in [-0.25, -0.2) is 8.78 Å². The van der Waals surface area contributed by atoms with E-state index in [4.69, 9.17) is 5.11 Å². The third kappa shape index (κ3) is 4.69. The average molecular weight is 311 g/mol. The molecule has 0 atom stereocenters. The number of carboxylic acids is 1. The summed E-state index contributed by atoms with van der Waals surface area (Å²) in [5, 5.41) is 8.53. The van der Waals surface area contributed by atoms with Gasteiger partial charge in [-0.2, -0.15) is 13.2 Å². The Morgan fingerprint density at radius 3 is 2.24 bits per heavy atom. The first kappa shape index (κ1) is 16.9. The fourth-order valence-electron chi connectivity index (χ4n) is 1.57. The van der Waals surface area contributed by atoms with Crippen LogP contribution in [-0.2, 0) is 4.79 Å². The van der Waals surface area contributed by atoms with Crippen LogP contribution >= 0.6 is 0 Å². The molecule has 21 heavy (non-hydrogen) atoms. The molecule has 0 spiro atoms. The minimum atomic E-state index is -4.85. The van der Waals surface area contributed by atoms with Crippen molar-refractivity contribution in [1.82, 2.24) is 4.90 Å². The number of carboxylic acid groups (broad SMARTS) is 1. The van der Waals surface area contributed by atoms with Crippen LogP contribution in [0, 0.1) is 18.6 Å².